The summed E-state index contributed by atoms with van der Waals surface area (Å²) in [6.45, 7) is 4.95. The Morgan fingerprint density at radius 2 is 2.21 bits per heavy atom. The fourth-order valence-corrected chi connectivity index (χ4v) is 3.94. The van der Waals surface area contributed by atoms with Gasteiger partial charge in [-0.15, -0.1) is 0 Å². The number of aliphatic hydroxyl groups is 1. The number of carbonyl (C=O) groups excluding carboxylic acids is 1. The molecule has 0 unspecified atom stereocenters. The second-order valence-electron chi connectivity index (χ2n) is 7.33. The van der Waals surface area contributed by atoms with Gasteiger partial charge in [0.25, 0.3) is 5.91 Å². The Morgan fingerprint density at radius 1 is 1.36 bits per heavy atom. The summed E-state index contributed by atoms with van der Waals surface area (Å²) < 4.78 is 0. The summed E-state index contributed by atoms with van der Waals surface area (Å²) in [6, 6.07) is 10.1. The lowest BCUT2D eigenvalue weighted by atomic mass is 9.96. The summed E-state index contributed by atoms with van der Waals surface area (Å²) in [5.74, 6) is -1.24. The van der Waals surface area contributed by atoms with Gasteiger partial charge in [0.2, 0.25) is 0 Å². The molecule has 4 N–H and O–H groups in total. The number of aryl methyl sites for hydroxylation is 1. The minimum absolute atomic E-state index is 0.420. The third-order valence-corrected chi connectivity index (χ3v) is 5.45. The highest BCUT2D eigenvalue weighted by molar-refractivity contribution is 5.94. The van der Waals surface area contributed by atoms with Crippen molar-refractivity contribution in [3.8, 4) is 0 Å². The zero-order valence-electron chi connectivity index (χ0n) is 15.9. The maximum absolute atomic E-state index is 11.1. The highest BCUT2D eigenvalue weighted by Gasteiger charge is 2.18. The van der Waals surface area contributed by atoms with Crippen molar-refractivity contribution in [1.29, 1.82) is 0 Å². The predicted molar refractivity (Wildman–Crippen MR) is 110 cm³/mol. The maximum Gasteiger partial charge on any atom is 0.283 e. The monoisotopic (exact) mass is 376 g/mol. The van der Waals surface area contributed by atoms with Crippen molar-refractivity contribution in [1.82, 2.24) is 14.9 Å². The lowest BCUT2D eigenvalue weighted by molar-refractivity contribution is -0.116. The molecule has 0 atom stereocenters. The molecule has 4 rings (SSSR count). The van der Waals surface area contributed by atoms with E-state index in [4.69, 9.17) is 5.73 Å². The van der Waals surface area contributed by atoms with Crippen LogP contribution in [0.1, 0.15) is 27.9 Å². The van der Waals surface area contributed by atoms with Crippen molar-refractivity contribution >= 4 is 23.0 Å². The molecule has 0 bridgehead atoms. The van der Waals surface area contributed by atoms with Gasteiger partial charge in [0, 0.05) is 36.9 Å². The number of rotatable bonds is 5. The van der Waals surface area contributed by atoms with Gasteiger partial charge in [-0.3, -0.25) is 9.69 Å². The number of benzene rings is 1. The first-order chi connectivity index (χ1) is 13.5. The van der Waals surface area contributed by atoms with Crippen molar-refractivity contribution in [3.05, 3.63) is 70.2 Å². The smallest absolute Gasteiger partial charge is 0.283 e. The van der Waals surface area contributed by atoms with E-state index in [9.17, 15) is 9.90 Å². The van der Waals surface area contributed by atoms with E-state index >= 15 is 0 Å². The van der Waals surface area contributed by atoms with Crippen LogP contribution in [0.3, 0.4) is 0 Å². The van der Waals surface area contributed by atoms with Crippen molar-refractivity contribution < 1.29 is 9.90 Å². The number of aliphatic hydroxyl groups excluding tert-OH is 1. The molecule has 1 aliphatic heterocycles. The first kappa shape index (κ1) is 18.3. The molecule has 2 aromatic heterocycles. The molecule has 0 radical (unpaired) electrons. The fraction of sp³-hybridized carbons (Fsp3) is 0.273. The molecule has 3 aromatic rings. The van der Waals surface area contributed by atoms with Gasteiger partial charge in [-0.25, -0.2) is 4.98 Å². The maximum atomic E-state index is 11.1. The Bertz CT molecular complexity index is 1070. The molecule has 1 aliphatic rings. The minimum Gasteiger partial charge on any atom is -0.503 e. The number of fused-ring (bicyclic) bond motifs is 2. The van der Waals surface area contributed by atoms with Crippen LogP contribution in [0.2, 0.25) is 0 Å². The topological polar surface area (TPSA) is 95.2 Å². The first-order valence-electron chi connectivity index (χ1n) is 9.48. The number of aromatic nitrogens is 2. The number of aromatic amines is 1. The number of H-pyrrole nitrogens is 1. The average molecular weight is 376 g/mol. The third kappa shape index (κ3) is 3.64. The van der Waals surface area contributed by atoms with Crippen molar-refractivity contribution in [2.45, 2.75) is 26.3 Å². The molecule has 6 heteroatoms. The molecular formula is C22H24N4O2. The Morgan fingerprint density at radius 3 is 3.04 bits per heavy atom. The van der Waals surface area contributed by atoms with Crippen LogP contribution in [0.25, 0.3) is 17.1 Å². The summed E-state index contributed by atoms with van der Waals surface area (Å²) in [5, 5.41) is 10.8. The minimum atomic E-state index is -0.817. The van der Waals surface area contributed by atoms with Gasteiger partial charge < -0.3 is 15.8 Å². The van der Waals surface area contributed by atoms with Gasteiger partial charge in [-0.05, 0) is 60.2 Å². The van der Waals surface area contributed by atoms with E-state index in [1.54, 1.807) is 0 Å². The number of carbonyl (C=O) groups is 1. The molecule has 1 amide bonds. The van der Waals surface area contributed by atoms with Crippen LogP contribution in [0.4, 0.5) is 0 Å². The second-order valence-corrected chi connectivity index (χ2v) is 7.33. The molecule has 6 nitrogen and oxygen atoms in total. The van der Waals surface area contributed by atoms with Gasteiger partial charge in [-0.2, -0.15) is 0 Å². The summed E-state index contributed by atoms with van der Waals surface area (Å²) in [7, 11) is 0. The van der Waals surface area contributed by atoms with Crippen LogP contribution in [-0.4, -0.2) is 39.0 Å². The molecular weight excluding hydrogens is 352 g/mol. The zero-order valence-corrected chi connectivity index (χ0v) is 15.9. The molecule has 0 saturated carbocycles. The largest absolute Gasteiger partial charge is 0.503 e. The molecule has 0 fully saturated rings. The Balaban J connectivity index is 1.48. The standard InChI is InChI=1S/C22H24N4O2/c1-14-18(19-3-2-8-24-22(19)25-14)7-10-26-9-6-16-5-4-15(11-17(16)13-26)12-20(27)21(23)28/h2-5,8,11-12,27H,6-7,9-10,13H2,1H3,(H2,23,28)(H,24,25)/b20-12-. The van der Waals surface area contributed by atoms with Gasteiger partial charge in [0.1, 0.15) is 5.65 Å². The van der Waals surface area contributed by atoms with E-state index in [2.05, 4.69) is 33.9 Å². The van der Waals surface area contributed by atoms with Crippen LogP contribution in [0, 0.1) is 6.92 Å². The summed E-state index contributed by atoms with van der Waals surface area (Å²) in [6.07, 6.45) is 5.19. The first-order valence-corrected chi connectivity index (χ1v) is 9.48. The SMILES string of the molecule is Cc1[nH]c2ncccc2c1CCN1CCc2ccc(/C=C(\O)C(N)=O)cc2C1. The summed E-state index contributed by atoms with van der Waals surface area (Å²) in [5.41, 5.74) is 11.9. The lowest BCUT2D eigenvalue weighted by Gasteiger charge is -2.29. The Kier molecular flexibility index (Phi) is 4.88. The fourth-order valence-electron chi connectivity index (χ4n) is 3.94. The number of amides is 1. The van der Waals surface area contributed by atoms with Crippen LogP contribution in [0.15, 0.2) is 42.3 Å². The van der Waals surface area contributed by atoms with Gasteiger partial charge in [0.05, 0.1) is 0 Å². The Labute approximate surface area is 163 Å². The molecule has 28 heavy (non-hydrogen) atoms. The number of hydrogen-bond donors (Lipinski definition) is 3. The Hall–Kier alpha value is -3.12. The number of nitrogens with two attached hydrogens (primary N) is 1. The van der Waals surface area contributed by atoms with E-state index in [0.29, 0.717) is 0 Å². The second kappa shape index (κ2) is 7.48. The highest BCUT2D eigenvalue weighted by atomic mass is 16.3. The van der Waals surface area contributed by atoms with E-state index in [1.807, 2.05) is 24.4 Å². The number of hydrogen-bond acceptors (Lipinski definition) is 4. The number of pyridine rings is 1. The van der Waals surface area contributed by atoms with Gasteiger partial charge in [-0.1, -0.05) is 18.2 Å². The normalized spacial score (nSPS) is 15.0. The van der Waals surface area contributed by atoms with Crippen LogP contribution >= 0.6 is 0 Å². The molecule has 0 saturated heterocycles. The van der Waals surface area contributed by atoms with Gasteiger partial charge in [0.15, 0.2) is 5.76 Å². The number of primary amides is 1. The van der Waals surface area contributed by atoms with E-state index in [0.717, 1.165) is 43.7 Å². The van der Waals surface area contributed by atoms with E-state index in [-0.39, 0.29) is 0 Å². The van der Waals surface area contributed by atoms with Crippen LogP contribution < -0.4 is 5.73 Å². The zero-order chi connectivity index (χ0) is 19.7. The molecule has 1 aromatic carbocycles. The van der Waals surface area contributed by atoms with Crippen LogP contribution in [0.5, 0.6) is 0 Å². The molecule has 144 valence electrons. The van der Waals surface area contributed by atoms with Gasteiger partial charge >= 0.3 is 0 Å². The average Bonchev–Trinajstić information content (AvgIpc) is 3.01. The quantitative estimate of drug-likeness (QED) is 0.471. The summed E-state index contributed by atoms with van der Waals surface area (Å²) in [4.78, 5) is 21.3. The van der Waals surface area contributed by atoms with Crippen LogP contribution in [-0.2, 0) is 24.2 Å². The van der Waals surface area contributed by atoms with Crippen molar-refractivity contribution in [2.75, 3.05) is 13.1 Å². The third-order valence-electron chi connectivity index (χ3n) is 5.45. The van der Waals surface area contributed by atoms with E-state index < -0.39 is 11.7 Å². The molecule has 0 spiro atoms. The summed E-state index contributed by atoms with van der Waals surface area (Å²) >= 11 is 0. The van der Waals surface area contributed by atoms with Crippen molar-refractivity contribution in [2.24, 2.45) is 5.73 Å². The molecule has 3 heterocycles. The predicted octanol–water partition coefficient (Wildman–Crippen LogP) is 2.86. The highest BCUT2D eigenvalue weighted by Crippen LogP contribution is 2.24. The van der Waals surface area contributed by atoms with E-state index in [1.165, 1.54) is 33.8 Å². The number of nitrogens with zero attached hydrogens (tertiary/aromatic N) is 2. The lowest BCUT2D eigenvalue weighted by Crippen LogP contribution is -2.32. The number of nitrogens with one attached hydrogen (secondary N) is 1. The van der Waals surface area contributed by atoms with Crippen molar-refractivity contribution in [3.63, 3.8) is 0 Å². The molecule has 0 aliphatic carbocycles.